The molecule has 3 aliphatic heterocycles. The smallest absolute Gasteiger partial charge is 0.312 e. The minimum Gasteiger partial charge on any atom is -0.370 e. The Balaban J connectivity index is 1.38. The number of aromatic amines is 2. The van der Waals surface area contributed by atoms with Crippen molar-refractivity contribution < 1.29 is 62.3 Å². The Morgan fingerprint density at radius 3 is 1.75 bits per heavy atom. The number of Topliss-reactive ketones (excluding diaryl/α,β-unsaturated/α-hetero) is 4. The first-order chi connectivity index (χ1) is 52.5. The molecule has 5 heterocycles. The highest BCUT2D eigenvalue weighted by Crippen LogP contribution is 2.33. The molecule has 2 aromatic heterocycles. The summed E-state index contributed by atoms with van der Waals surface area (Å²) in [7, 11) is 2.15. The lowest BCUT2D eigenvalue weighted by molar-refractivity contribution is -0.142. The van der Waals surface area contributed by atoms with Gasteiger partial charge in [-0.1, -0.05) is 83.5 Å². The van der Waals surface area contributed by atoms with Crippen molar-refractivity contribution in [3.63, 3.8) is 0 Å². The number of imidazole rings is 1. The first kappa shape index (κ1) is 87.0. The van der Waals surface area contributed by atoms with Gasteiger partial charge in [-0.05, 0) is 140 Å². The molecule has 3 fully saturated rings. The fourth-order valence-corrected chi connectivity index (χ4v) is 16.3. The maximum absolute atomic E-state index is 15.7. The summed E-state index contributed by atoms with van der Waals surface area (Å²) in [6.45, 7) is 2.47. The molecule has 0 unspecified atom stereocenters. The Morgan fingerprint density at radius 2 is 1.10 bits per heavy atom. The van der Waals surface area contributed by atoms with Crippen LogP contribution in [0.1, 0.15) is 152 Å². The highest BCUT2D eigenvalue weighted by molar-refractivity contribution is 8.76. The normalized spacial score (nSPS) is 24.9. The number of hydrogen-bond acceptors (Lipinski definition) is 20. The van der Waals surface area contributed by atoms with Crippen LogP contribution in [0.15, 0.2) is 78.3 Å². The van der Waals surface area contributed by atoms with Gasteiger partial charge in [0.2, 0.25) is 47.3 Å². The molecule has 12 atom stereocenters. The van der Waals surface area contributed by atoms with Crippen molar-refractivity contribution in [3.8, 4) is 0 Å². The summed E-state index contributed by atoms with van der Waals surface area (Å²) in [5.41, 5.74) is 37.0. The van der Waals surface area contributed by atoms with E-state index in [0.29, 0.717) is 61.8 Å². The second kappa shape index (κ2) is 45.7. The van der Waals surface area contributed by atoms with E-state index >= 15 is 38.4 Å². The second-order valence-corrected chi connectivity index (χ2v) is 31.0. The third-order valence-corrected chi connectivity index (χ3v) is 22.6. The average molecular weight is 1550 g/mol. The molecule has 7 rings (SSSR count). The molecule has 34 heteroatoms. The molecule has 0 spiro atoms. The molecule has 22 N–H and O–H groups in total. The number of nitrogens with one attached hydrogen (secondary N) is 10. The highest BCUT2D eigenvalue weighted by atomic mass is 33.1. The number of fused-ring (bicyclic) bond motifs is 7. The number of amides is 10. The second-order valence-electron chi connectivity index (χ2n) is 28.5. The zero-order chi connectivity index (χ0) is 78.8. The quantitative estimate of drug-likeness (QED) is 0.0173. The van der Waals surface area contributed by atoms with Gasteiger partial charge in [-0.3, -0.25) is 62.5 Å². The van der Waals surface area contributed by atoms with E-state index in [1.54, 1.807) is 43.5 Å². The molecule has 0 saturated carbocycles. The SMILES string of the molecule is C[C@@H]1CC(=O)[C@@H]2CSSC[C@H](NC(=O)[C@H](CCCN=C(N)N)NC(=O)[C@H](CCCCN)NC(=O)[C@H](CCCCN)NC(=O)[C@H](CCCCN)CC1=O)C(=O)N1CCC[C@H]1C(=O)N[C@@H](Cc1cnc[nH]1)C(=O)N[C@H](Cc1ccccc1)C(=O)N[C@@H](CCCCNC(N)=O)C(=O)C[C@@H](Cc1c[nH]c3ccccc13)C(=O)C2. The van der Waals surface area contributed by atoms with E-state index in [-0.39, 0.29) is 140 Å². The molecular formula is C75H111N19O13S2. The predicted octanol–water partition coefficient (Wildman–Crippen LogP) is 1.31. The third kappa shape index (κ3) is 28.3. The van der Waals surface area contributed by atoms with E-state index < -0.39 is 168 Å². The molecule has 0 radical (unpaired) electrons. The van der Waals surface area contributed by atoms with Crippen LogP contribution in [0.25, 0.3) is 10.9 Å². The number of carbonyl (C=O) groups is 13. The summed E-state index contributed by atoms with van der Waals surface area (Å²) in [5.74, 6) is -13.2. The number of carbonyl (C=O) groups excluding carboxylic acids is 13. The zero-order valence-electron chi connectivity index (χ0n) is 62.2. The zero-order valence-corrected chi connectivity index (χ0v) is 63.8. The van der Waals surface area contributed by atoms with Gasteiger partial charge in [-0.25, -0.2) is 9.78 Å². The van der Waals surface area contributed by atoms with E-state index in [0.717, 1.165) is 32.5 Å². The van der Waals surface area contributed by atoms with Crippen LogP contribution in [-0.4, -0.2) is 201 Å². The molecule has 4 aromatic rings. The van der Waals surface area contributed by atoms with Crippen molar-refractivity contribution in [3.05, 3.63) is 90.1 Å². The Labute approximate surface area is 643 Å². The molecule has 109 heavy (non-hydrogen) atoms. The molecule has 32 nitrogen and oxygen atoms in total. The van der Waals surface area contributed by atoms with E-state index in [1.165, 1.54) is 17.4 Å². The number of benzene rings is 2. The molecule has 3 aliphatic rings. The van der Waals surface area contributed by atoms with Gasteiger partial charge in [0, 0.05) is 122 Å². The maximum atomic E-state index is 15.7. The number of nitrogens with two attached hydrogens (primary N) is 6. The van der Waals surface area contributed by atoms with Crippen molar-refractivity contribution in [2.45, 2.75) is 203 Å². The van der Waals surface area contributed by atoms with Crippen LogP contribution in [-0.2, 0) is 76.8 Å². The van der Waals surface area contributed by atoms with E-state index in [1.807, 2.05) is 24.3 Å². The number of hydrogen-bond donors (Lipinski definition) is 16. The number of ketones is 4. The number of aliphatic imine (C=N–C) groups is 1. The summed E-state index contributed by atoms with van der Waals surface area (Å²) in [6.07, 6.45) is 6.29. The lowest BCUT2D eigenvalue weighted by Gasteiger charge is -2.31. The van der Waals surface area contributed by atoms with Gasteiger partial charge in [0.1, 0.15) is 59.6 Å². The van der Waals surface area contributed by atoms with Crippen LogP contribution in [0.2, 0.25) is 0 Å². The molecule has 0 aliphatic carbocycles. The molecule has 10 amide bonds. The summed E-state index contributed by atoms with van der Waals surface area (Å²) in [5, 5.41) is 23.3. The topological polar surface area (TPSA) is 534 Å². The van der Waals surface area contributed by atoms with Crippen molar-refractivity contribution in [2.24, 2.45) is 63.1 Å². The van der Waals surface area contributed by atoms with Gasteiger partial charge in [-0.2, -0.15) is 0 Å². The molecule has 2 bridgehead atoms. The summed E-state index contributed by atoms with van der Waals surface area (Å²) < 4.78 is 0. The summed E-state index contributed by atoms with van der Waals surface area (Å²) in [6, 6.07) is 4.43. The van der Waals surface area contributed by atoms with Crippen molar-refractivity contribution >= 4 is 115 Å². The maximum Gasteiger partial charge on any atom is 0.312 e. The third-order valence-electron chi connectivity index (χ3n) is 20.1. The number of H-pyrrole nitrogens is 2. The molecular weight excluding hydrogens is 1440 g/mol. The number of primary amides is 1. The molecule has 3 saturated heterocycles. The number of rotatable bonds is 27. The Hall–Kier alpha value is -9.25. The van der Waals surface area contributed by atoms with Crippen LogP contribution < -0.4 is 76.9 Å². The fourth-order valence-electron chi connectivity index (χ4n) is 13.8. The number of urea groups is 1. The van der Waals surface area contributed by atoms with E-state index in [2.05, 4.69) is 62.5 Å². The van der Waals surface area contributed by atoms with Crippen LogP contribution >= 0.6 is 21.6 Å². The van der Waals surface area contributed by atoms with Crippen molar-refractivity contribution in [1.82, 2.24) is 62.4 Å². The number of aromatic nitrogens is 3. The Morgan fingerprint density at radius 1 is 0.541 bits per heavy atom. The lowest BCUT2D eigenvalue weighted by Crippen LogP contribution is -2.60. The van der Waals surface area contributed by atoms with Crippen molar-refractivity contribution in [1.29, 1.82) is 0 Å². The van der Waals surface area contributed by atoms with Gasteiger partial charge in [0.05, 0.1) is 12.4 Å². The van der Waals surface area contributed by atoms with Crippen LogP contribution in [0, 0.1) is 23.7 Å². The number of guanidine groups is 1. The van der Waals surface area contributed by atoms with Crippen molar-refractivity contribution in [2.75, 3.05) is 50.8 Å². The van der Waals surface area contributed by atoms with Gasteiger partial charge < -0.3 is 91.8 Å². The van der Waals surface area contributed by atoms with Gasteiger partial charge >= 0.3 is 6.03 Å². The first-order valence-electron chi connectivity index (χ1n) is 38.0. The Bertz CT molecular complexity index is 3730. The Kier molecular flexibility index (Phi) is 36.4. The standard InChI is InChI=1S/C75H111N19O13S2/c1-45-33-63(96)50-38-64(97)48(35-49-40-85-53-21-6-5-20-52(49)53)37-65(98)54(22-10-14-30-84-75(81)107)87-70(103)58(34-46-17-3-2-4-18-46)91-71(104)59(39-51-41-82-44-86-51)92-72(105)61-26-16-32-94(61)73(106)60(43-109-108-42-50)93-69(102)57(25-15-31-83-74(79)80)90-68(101)56(24-9-13-29-78)89-67(100)55(23-8-12-28-77)88-66(99)47(36-62(45)95)19-7-11-27-76/h2-6,17-18,20-21,40-41,44-45,47-48,50,54-61,85H,7-16,19,22-39,42-43,76-78H2,1H3,(H,82,86)(H,87,103)(H,88,99)(H,89,100)(H,90,101)(H,91,104)(H,92,105)(H,93,102)(H4,79,80,83)(H3,81,84,107)/t45-,47-,48-,50+,54+,55+,56+,57+,58-,59+,60+,61+/m1/s1. The minimum atomic E-state index is -1.50. The first-order valence-corrected chi connectivity index (χ1v) is 40.5. The van der Waals surface area contributed by atoms with E-state index in [9.17, 15) is 24.0 Å². The fraction of sp³-hybridized carbons (Fsp3) is 0.587. The van der Waals surface area contributed by atoms with E-state index in [4.69, 9.17) is 34.4 Å². The number of nitrogens with zero attached hydrogens (tertiary/aromatic N) is 3. The number of para-hydroxylation sites is 1. The summed E-state index contributed by atoms with van der Waals surface area (Å²) in [4.78, 5) is 209. The largest absolute Gasteiger partial charge is 0.370 e. The monoisotopic (exact) mass is 1550 g/mol. The lowest BCUT2D eigenvalue weighted by atomic mass is 9.82. The summed E-state index contributed by atoms with van der Waals surface area (Å²) >= 11 is 0. The van der Waals surface area contributed by atoms with Crippen LogP contribution in [0.3, 0.4) is 0 Å². The molecule has 596 valence electrons. The predicted molar refractivity (Wildman–Crippen MR) is 416 cm³/mol. The van der Waals surface area contributed by atoms with Gasteiger partial charge in [0.15, 0.2) is 11.7 Å². The average Bonchev–Trinajstić information content (AvgIpc) is 1.72. The van der Waals surface area contributed by atoms with Crippen LogP contribution in [0.5, 0.6) is 0 Å². The van der Waals surface area contributed by atoms with Gasteiger partial charge in [-0.15, -0.1) is 0 Å². The molecule has 2 aromatic carbocycles. The number of unbranched alkanes of at least 4 members (excludes halogenated alkanes) is 4. The minimum absolute atomic E-state index is 0.000339. The van der Waals surface area contributed by atoms with Crippen LogP contribution in [0.4, 0.5) is 4.79 Å². The van der Waals surface area contributed by atoms with Gasteiger partial charge in [0.25, 0.3) is 0 Å². The highest BCUT2D eigenvalue weighted by Gasteiger charge is 2.42.